The van der Waals surface area contributed by atoms with E-state index in [1.165, 1.54) is 25.2 Å². The van der Waals surface area contributed by atoms with Crippen molar-refractivity contribution in [2.24, 2.45) is 0 Å². The monoisotopic (exact) mass is 230 g/mol. The van der Waals surface area contributed by atoms with Gasteiger partial charge in [-0.05, 0) is 25.2 Å². The Bertz CT molecular complexity index is 491. The Kier molecular flexibility index (Phi) is 3.11. The molecule has 0 atom stereocenters. The van der Waals surface area contributed by atoms with Crippen molar-refractivity contribution in [2.45, 2.75) is 4.90 Å². The Labute approximate surface area is 87.2 Å². The molecular formula is C8H7ClN2O2S. The van der Waals surface area contributed by atoms with Crippen molar-refractivity contribution in [3.05, 3.63) is 28.8 Å². The number of halogens is 1. The molecule has 0 saturated carbocycles. The second kappa shape index (κ2) is 3.96. The average Bonchev–Trinajstić information content (AvgIpc) is 2.17. The average molecular weight is 231 g/mol. The lowest BCUT2D eigenvalue weighted by Gasteiger charge is -2.04. The molecule has 1 aromatic carbocycles. The molecule has 4 nitrogen and oxygen atoms in total. The molecule has 1 N–H and O–H groups in total. The Morgan fingerprint density at radius 2 is 2.14 bits per heavy atom. The van der Waals surface area contributed by atoms with Crippen LogP contribution in [0.3, 0.4) is 0 Å². The van der Waals surface area contributed by atoms with Crippen LogP contribution in [0, 0.1) is 11.3 Å². The Balaban J connectivity index is 3.45. The molecule has 0 heterocycles. The second-order valence-corrected chi connectivity index (χ2v) is 4.75. The summed E-state index contributed by atoms with van der Waals surface area (Å²) >= 11 is 5.62. The molecule has 0 aliphatic heterocycles. The quantitative estimate of drug-likeness (QED) is 0.828. The van der Waals surface area contributed by atoms with E-state index in [-0.39, 0.29) is 10.5 Å². The highest BCUT2D eigenvalue weighted by atomic mass is 35.5. The maximum Gasteiger partial charge on any atom is 0.241 e. The van der Waals surface area contributed by atoms with Crippen LogP contribution < -0.4 is 4.72 Å². The van der Waals surface area contributed by atoms with Gasteiger partial charge in [-0.15, -0.1) is 0 Å². The SMILES string of the molecule is CNS(=O)(=O)c1ccc(Cl)cc1C#N. The molecule has 14 heavy (non-hydrogen) atoms. The van der Waals surface area contributed by atoms with Crippen LogP contribution in [0.15, 0.2) is 23.1 Å². The number of nitrogens with one attached hydrogen (secondary N) is 1. The van der Waals surface area contributed by atoms with Crippen molar-refractivity contribution in [1.82, 2.24) is 4.72 Å². The van der Waals surface area contributed by atoms with Gasteiger partial charge >= 0.3 is 0 Å². The predicted molar refractivity (Wildman–Crippen MR) is 52.4 cm³/mol. The predicted octanol–water partition coefficient (Wildman–Crippen LogP) is 1.12. The summed E-state index contributed by atoms with van der Waals surface area (Å²) in [6, 6.07) is 5.81. The van der Waals surface area contributed by atoms with E-state index in [1.54, 1.807) is 6.07 Å². The van der Waals surface area contributed by atoms with Crippen LogP contribution >= 0.6 is 11.6 Å². The zero-order valence-corrected chi connectivity index (χ0v) is 8.85. The van der Waals surface area contributed by atoms with Crippen molar-refractivity contribution in [2.75, 3.05) is 7.05 Å². The Morgan fingerprint density at radius 1 is 1.50 bits per heavy atom. The number of sulfonamides is 1. The van der Waals surface area contributed by atoms with E-state index in [2.05, 4.69) is 4.72 Å². The van der Waals surface area contributed by atoms with Crippen LogP contribution in [0.1, 0.15) is 5.56 Å². The van der Waals surface area contributed by atoms with E-state index in [9.17, 15) is 8.42 Å². The number of hydrogen-bond donors (Lipinski definition) is 1. The summed E-state index contributed by atoms with van der Waals surface area (Å²) in [6.45, 7) is 0. The van der Waals surface area contributed by atoms with Crippen LogP contribution in [0.2, 0.25) is 5.02 Å². The van der Waals surface area contributed by atoms with Gasteiger partial charge in [0.25, 0.3) is 0 Å². The third-order valence-electron chi connectivity index (χ3n) is 1.62. The molecule has 74 valence electrons. The summed E-state index contributed by atoms with van der Waals surface area (Å²) in [7, 11) is -2.31. The van der Waals surface area contributed by atoms with Crippen LogP contribution in [-0.4, -0.2) is 15.5 Å². The molecule has 0 aromatic heterocycles. The largest absolute Gasteiger partial charge is 0.241 e. The molecule has 0 unspecified atom stereocenters. The van der Waals surface area contributed by atoms with Gasteiger partial charge in [0.2, 0.25) is 10.0 Å². The van der Waals surface area contributed by atoms with Crippen LogP contribution in [-0.2, 0) is 10.0 Å². The van der Waals surface area contributed by atoms with Crippen LogP contribution in [0.5, 0.6) is 0 Å². The molecule has 0 spiro atoms. The van der Waals surface area contributed by atoms with Gasteiger partial charge in [-0.2, -0.15) is 5.26 Å². The van der Waals surface area contributed by atoms with E-state index < -0.39 is 10.0 Å². The molecule has 1 aromatic rings. The van der Waals surface area contributed by atoms with Crippen molar-refractivity contribution in [3.8, 4) is 6.07 Å². The number of nitrogens with zero attached hydrogens (tertiary/aromatic N) is 1. The normalized spacial score (nSPS) is 10.9. The molecule has 0 bridgehead atoms. The summed E-state index contributed by atoms with van der Waals surface area (Å²) in [5, 5.41) is 9.03. The van der Waals surface area contributed by atoms with E-state index in [4.69, 9.17) is 16.9 Å². The zero-order chi connectivity index (χ0) is 10.8. The topological polar surface area (TPSA) is 70.0 Å². The summed E-state index contributed by atoms with van der Waals surface area (Å²) < 4.78 is 24.9. The summed E-state index contributed by atoms with van der Waals surface area (Å²) in [5.74, 6) is 0. The molecular weight excluding hydrogens is 224 g/mol. The smallest absolute Gasteiger partial charge is 0.214 e. The number of hydrogen-bond acceptors (Lipinski definition) is 3. The van der Waals surface area contributed by atoms with Crippen molar-refractivity contribution >= 4 is 21.6 Å². The molecule has 0 aliphatic rings. The molecule has 0 amide bonds. The minimum atomic E-state index is -3.59. The van der Waals surface area contributed by atoms with Gasteiger partial charge in [0.1, 0.15) is 6.07 Å². The molecule has 1 rings (SSSR count). The van der Waals surface area contributed by atoms with Gasteiger partial charge in [0.15, 0.2) is 0 Å². The highest BCUT2D eigenvalue weighted by molar-refractivity contribution is 7.89. The molecule has 6 heteroatoms. The summed E-state index contributed by atoms with van der Waals surface area (Å²) in [6.07, 6.45) is 0. The van der Waals surface area contributed by atoms with Crippen molar-refractivity contribution in [3.63, 3.8) is 0 Å². The molecule has 0 aliphatic carbocycles. The van der Waals surface area contributed by atoms with Crippen LogP contribution in [0.25, 0.3) is 0 Å². The van der Waals surface area contributed by atoms with Gasteiger partial charge in [-0.25, -0.2) is 13.1 Å². The fourth-order valence-electron chi connectivity index (χ4n) is 0.934. The lowest BCUT2D eigenvalue weighted by atomic mass is 10.2. The first-order valence-corrected chi connectivity index (χ1v) is 5.50. The standard InChI is InChI=1S/C8H7ClN2O2S/c1-11-14(12,13)8-3-2-7(9)4-6(8)5-10/h2-4,11H,1H3. The summed E-state index contributed by atoms with van der Waals surface area (Å²) in [5.41, 5.74) is 0.0341. The van der Waals surface area contributed by atoms with Gasteiger partial charge in [0, 0.05) is 5.02 Å². The third-order valence-corrected chi connectivity index (χ3v) is 3.33. The van der Waals surface area contributed by atoms with E-state index >= 15 is 0 Å². The number of rotatable bonds is 2. The first kappa shape index (κ1) is 11.0. The second-order valence-electron chi connectivity index (χ2n) is 2.46. The van der Waals surface area contributed by atoms with Crippen molar-refractivity contribution in [1.29, 1.82) is 5.26 Å². The van der Waals surface area contributed by atoms with Gasteiger partial charge in [-0.1, -0.05) is 11.6 Å². The maximum atomic E-state index is 11.4. The fraction of sp³-hybridized carbons (Fsp3) is 0.125. The summed E-state index contributed by atoms with van der Waals surface area (Å²) in [4.78, 5) is -0.0631. The lowest BCUT2D eigenvalue weighted by Crippen LogP contribution is -2.19. The lowest BCUT2D eigenvalue weighted by molar-refractivity contribution is 0.588. The van der Waals surface area contributed by atoms with E-state index in [1.807, 2.05) is 0 Å². The Hall–Kier alpha value is -1.09. The fourth-order valence-corrected chi connectivity index (χ4v) is 1.97. The highest BCUT2D eigenvalue weighted by Crippen LogP contribution is 2.19. The minimum Gasteiger partial charge on any atom is -0.214 e. The first-order chi connectivity index (χ1) is 6.51. The van der Waals surface area contributed by atoms with Gasteiger partial charge in [0.05, 0.1) is 10.5 Å². The number of benzene rings is 1. The van der Waals surface area contributed by atoms with E-state index in [0.29, 0.717) is 5.02 Å². The highest BCUT2D eigenvalue weighted by Gasteiger charge is 2.16. The molecule has 0 fully saturated rings. The van der Waals surface area contributed by atoms with Crippen molar-refractivity contribution < 1.29 is 8.42 Å². The zero-order valence-electron chi connectivity index (χ0n) is 7.28. The van der Waals surface area contributed by atoms with Gasteiger partial charge in [-0.3, -0.25) is 0 Å². The van der Waals surface area contributed by atoms with Crippen LogP contribution in [0.4, 0.5) is 0 Å². The van der Waals surface area contributed by atoms with Gasteiger partial charge < -0.3 is 0 Å². The minimum absolute atomic E-state index is 0.0341. The number of nitriles is 1. The first-order valence-electron chi connectivity index (χ1n) is 3.64. The molecule has 0 radical (unpaired) electrons. The van der Waals surface area contributed by atoms with E-state index in [0.717, 1.165) is 0 Å². The third kappa shape index (κ3) is 2.04. The Morgan fingerprint density at radius 3 is 2.64 bits per heavy atom. The molecule has 0 saturated heterocycles. The maximum absolute atomic E-state index is 11.4.